The first-order chi connectivity index (χ1) is 12.5. The quantitative estimate of drug-likeness (QED) is 0.622. The van der Waals surface area contributed by atoms with E-state index in [1.54, 1.807) is 24.3 Å². The molecule has 136 valence electrons. The Kier molecular flexibility index (Phi) is 5.43. The standard InChI is InChI=1S/C16H14BrN3O5S/c1-22-9-6-8(7-10(23-2)13(9)24-3)15-19-20-16(25-15)18-14(21)11-4-5-12(17)26-11/h4-7H,1-3H3,(H,18,20,21). The van der Waals surface area contributed by atoms with Gasteiger partial charge in [-0.05, 0) is 40.2 Å². The van der Waals surface area contributed by atoms with Crippen molar-refractivity contribution in [2.45, 2.75) is 0 Å². The molecule has 2 heterocycles. The third-order valence-corrected chi connectivity index (χ3v) is 4.98. The molecule has 10 heteroatoms. The number of carbonyl (C=O) groups is 1. The van der Waals surface area contributed by atoms with E-state index in [1.165, 1.54) is 32.7 Å². The van der Waals surface area contributed by atoms with Crippen molar-refractivity contribution in [3.05, 3.63) is 32.9 Å². The van der Waals surface area contributed by atoms with Crippen LogP contribution in [0.25, 0.3) is 11.5 Å². The Morgan fingerprint density at radius 2 is 1.81 bits per heavy atom. The highest BCUT2D eigenvalue weighted by Crippen LogP contribution is 2.41. The van der Waals surface area contributed by atoms with Crippen molar-refractivity contribution >= 4 is 39.2 Å². The number of methoxy groups -OCH3 is 3. The Hall–Kier alpha value is -2.59. The first kappa shape index (κ1) is 18.2. The number of nitrogens with zero attached hydrogens (tertiary/aromatic N) is 2. The predicted molar refractivity (Wildman–Crippen MR) is 99.4 cm³/mol. The number of benzene rings is 1. The van der Waals surface area contributed by atoms with Crippen LogP contribution in [-0.2, 0) is 0 Å². The molecule has 0 fully saturated rings. The zero-order chi connectivity index (χ0) is 18.7. The summed E-state index contributed by atoms with van der Waals surface area (Å²) in [7, 11) is 4.54. The fourth-order valence-corrected chi connectivity index (χ4v) is 3.47. The predicted octanol–water partition coefficient (Wildman–Crippen LogP) is 3.84. The van der Waals surface area contributed by atoms with Crippen LogP contribution in [0.1, 0.15) is 9.67 Å². The van der Waals surface area contributed by atoms with Gasteiger partial charge in [-0.2, -0.15) is 0 Å². The average Bonchev–Trinajstić information content (AvgIpc) is 3.29. The fourth-order valence-electron chi connectivity index (χ4n) is 2.19. The van der Waals surface area contributed by atoms with Crippen LogP contribution in [0.3, 0.4) is 0 Å². The van der Waals surface area contributed by atoms with Crippen LogP contribution in [0.5, 0.6) is 17.2 Å². The number of aromatic nitrogens is 2. The van der Waals surface area contributed by atoms with E-state index in [-0.39, 0.29) is 17.8 Å². The SMILES string of the molecule is COc1cc(-c2nnc(NC(=O)c3ccc(Br)s3)o2)cc(OC)c1OC. The van der Waals surface area contributed by atoms with Crippen LogP contribution in [0.2, 0.25) is 0 Å². The summed E-state index contributed by atoms with van der Waals surface area (Å²) in [5.74, 6) is 1.23. The zero-order valence-electron chi connectivity index (χ0n) is 14.0. The largest absolute Gasteiger partial charge is 0.493 e. The van der Waals surface area contributed by atoms with E-state index in [0.717, 1.165) is 3.79 Å². The second-order valence-corrected chi connectivity index (χ2v) is 7.35. The topological polar surface area (TPSA) is 95.7 Å². The molecule has 1 amide bonds. The summed E-state index contributed by atoms with van der Waals surface area (Å²) in [6.45, 7) is 0. The number of carbonyl (C=O) groups excluding carboxylic acids is 1. The van der Waals surface area contributed by atoms with Crippen LogP contribution < -0.4 is 19.5 Å². The molecule has 0 saturated carbocycles. The Morgan fingerprint density at radius 1 is 1.12 bits per heavy atom. The highest BCUT2D eigenvalue weighted by Gasteiger charge is 2.18. The number of nitrogens with one attached hydrogen (secondary N) is 1. The van der Waals surface area contributed by atoms with Crippen molar-refractivity contribution in [3.8, 4) is 28.7 Å². The summed E-state index contributed by atoms with van der Waals surface area (Å²) >= 11 is 4.61. The molecule has 0 aliphatic heterocycles. The zero-order valence-corrected chi connectivity index (χ0v) is 16.4. The van der Waals surface area contributed by atoms with Crippen LogP contribution in [0.15, 0.2) is 32.5 Å². The smallest absolute Gasteiger partial charge is 0.322 e. The third kappa shape index (κ3) is 3.65. The maximum absolute atomic E-state index is 12.2. The summed E-state index contributed by atoms with van der Waals surface area (Å²) in [6, 6.07) is 6.83. The fraction of sp³-hybridized carbons (Fsp3) is 0.188. The highest BCUT2D eigenvalue weighted by molar-refractivity contribution is 9.11. The lowest BCUT2D eigenvalue weighted by Gasteiger charge is -2.12. The summed E-state index contributed by atoms with van der Waals surface area (Å²) in [6.07, 6.45) is 0. The monoisotopic (exact) mass is 439 g/mol. The summed E-state index contributed by atoms with van der Waals surface area (Å²) in [5, 5.41) is 10.4. The molecular formula is C16H14BrN3O5S. The van der Waals surface area contributed by atoms with E-state index < -0.39 is 0 Å². The molecule has 0 saturated heterocycles. The molecule has 0 aliphatic carbocycles. The van der Waals surface area contributed by atoms with Gasteiger partial charge in [0, 0.05) is 5.56 Å². The van der Waals surface area contributed by atoms with E-state index in [9.17, 15) is 4.79 Å². The van der Waals surface area contributed by atoms with Crippen LogP contribution >= 0.6 is 27.3 Å². The highest BCUT2D eigenvalue weighted by atomic mass is 79.9. The lowest BCUT2D eigenvalue weighted by molar-refractivity contribution is 0.102. The Bertz CT molecular complexity index is 915. The molecule has 1 N–H and O–H groups in total. The van der Waals surface area contributed by atoms with Gasteiger partial charge in [0.25, 0.3) is 5.91 Å². The molecule has 2 aromatic heterocycles. The molecule has 1 aromatic carbocycles. The Morgan fingerprint density at radius 3 is 2.35 bits per heavy atom. The molecule has 8 nitrogen and oxygen atoms in total. The molecule has 0 radical (unpaired) electrons. The van der Waals surface area contributed by atoms with Gasteiger partial charge >= 0.3 is 6.01 Å². The number of ether oxygens (including phenoxy) is 3. The van der Waals surface area contributed by atoms with Crippen molar-refractivity contribution in [2.24, 2.45) is 0 Å². The van der Waals surface area contributed by atoms with Gasteiger partial charge < -0.3 is 18.6 Å². The van der Waals surface area contributed by atoms with Crippen molar-refractivity contribution in [3.63, 3.8) is 0 Å². The van der Waals surface area contributed by atoms with E-state index in [2.05, 4.69) is 31.4 Å². The van der Waals surface area contributed by atoms with Crippen LogP contribution in [-0.4, -0.2) is 37.4 Å². The Labute approximate surface area is 161 Å². The van der Waals surface area contributed by atoms with Crippen molar-refractivity contribution in [1.29, 1.82) is 0 Å². The minimum Gasteiger partial charge on any atom is -0.493 e. The molecule has 0 unspecified atom stereocenters. The Balaban J connectivity index is 1.86. The number of hydrogen-bond acceptors (Lipinski definition) is 8. The molecule has 0 aliphatic rings. The first-order valence-corrected chi connectivity index (χ1v) is 8.87. The van der Waals surface area contributed by atoms with Gasteiger partial charge in [-0.25, -0.2) is 0 Å². The lowest BCUT2D eigenvalue weighted by Crippen LogP contribution is -2.10. The van der Waals surface area contributed by atoms with Gasteiger partial charge in [0.05, 0.1) is 30.0 Å². The van der Waals surface area contributed by atoms with Gasteiger partial charge in [0.2, 0.25) is 11.6 Å². The average molecular weight is 440 g/mol. The molecule has 0 atom stereocenters. The molecule has 3 rings (SSSR count). The second kappa shape index (κ2) is 7.75. The minimum absolute atomic E-state index is 0.0109. The number of anilines is 1. The van der Waals surface area contributed by atoms with Gasteiger partial charge in [-0.1, -0.05) is 5.10 Å². The molecular weight excluding hydrogens is 426 g/mol. The van der Waals surface area contributed by atoms with Gasteiger partial charge in [-0.15, -0.1) is 16.4 Å². The van der Waals surface area contributed by atoms with E-state index in [1.807, 2.05) is 0 Å². The maximum Gasteiger partial charge on any atom is 0.322 e. The molecule has 26 heavy (non-hydrogen) atoms. The number of hydrogen-bond donors (Lipinski definition) is 1. The van der Waals surface area contributed by atoms with Crippen molar-refractivity contribution < 1.29 is 23.4 Å². The number of amides is 1. The van der Waals surface area contributed by atoms with E-state index >= 15 is 0 Å². The van der Waals surface area contributed by atoms with Gasteiger partial charge in [0.15, 0.2) is 11.5 Å². The summed E-state index contributed by atoms with van der Waals surface area (Å²) < 4.78 is 22.3. The van der Waals surface area contributed by atoms with Gasteiger partial charge in [-0.3, -0.25) is 10.1 Å². The number of rotatable bonds is 6. The van der Waals surface area contributed by atoms with Crippen LogP contribution in [0.4, 0.5) is 6.01 Å². The van der Waals surface area contributed by atoms with Crippen molar-refractivity contribution in [2.75, 3.05) is 26.6 Å². The van der Waals surface area contributed by atoms with E-state index in [0.29, 0.717) is 27.7 Å². The van der Waals surface area contributed by atoms with Crippen LogP contribution in [0, 0.1) is 0 Å². The van der Waals surface area contributed by atoms with Crippen molar-refractivity contribution in [1.82, 2.24) is 10.2 Å². The molecule has 3 aromatic rings. The van der Waals surface area contributed by atoms with Gasteiger partial charge in [0.1, 0.15) is 0 Å². The summed E-state index contributed by atoms with van der Waals surface area (Å²) in [4.78, 5) is 12.7. The van der Waals surface area contributed by atoms with E-state index in [4.69, 9.17) is 18.6 Å². The maximum atomic E-state index is 12.2. The first-order valence-electron chi connectivity index (χ1n) is 7.26. The number of halogens is 1. The lowest BCUT2D eigenvalue weighted by atomic mass is 10.2. The summed E-state index contributed by atoms with van der Waals surface area (Å²) in [5.41, 5.74) is 0.561. The second-order valence-electron chi connectivity index (χ2n) is 4.88. The minimum atomic E-state index is -0.333. The molecule has 0 spiro atoms. The normalized spacial score (nSPS) is 10.5. The third-order valence-electron chi connectivity index (χ3n) is 3.35. The number of thiophene rings is 1. The molecule has 0 bridgehead atoms.